The topological polar surface area (TPSA) is 49.4 Å². The fourth-order valence-corrected chi connectivity index (χ4v) is 2.71. The molecule has 1 aliphatic carbocycles. The van der Waals surface area contributed by atoms with Gasteiger partial charge in [-0.1, -0.05) is 0 Å². The molecular weight excluding hydrogens is 266 g/mol. The van der Waals surface area contributed by atoms with E-state index in [4.69, 9.17) is 0 Å². The van der Waals surface area contributed by atoms with E-state index in [0.717, 1.165) is 23.8 Å². The first kappa shape index (κ1) is 13.0. The van der Waals surface area contributed by atoms with Crippen LogP contribution in [0.1, 0.15) is 19.8 Å². The molecule has 6 heteroatoms. The third-order valence-corrected chi connectivity index (χ3v) is 3.98. The van der Waals surface area contributed by atoms with Gasteiger partial charge in [0.25, 0.3) is 5.91 Å². The maximum absolute atomic E-state index is 13.8. The molecule has 3 rings (SSSR count). The van der Waals surface area contributed by atoms with Gasteiger partial charge in [0.05, 0.1) is 5.69 Å². The number of benzene rings is 1. The van der Waals surface area contributed by atoms with Crippen molar-refractivity contribution in [2.24, 2.45) is 5.92 Å². The van der Waals surface area contributed by atoms with E-state index in [0.29, 0.717) is 6.07 Å². The highest BCUT2D eigenvalue weighted by Gasteiger charge is 2.53. The molecular formula is C14H14F2N2O2. The van der Waals surface area contributed by atoms with Gasteiger partial charge in [0.1, 0.15) is 23.7 Å². The Labute approximate surface area is 114 Å². The number of hydrogen-bond acceptors (Lipinski definition) is 2. The van der Waals surface area contributed by atoms with Gasteiger partial charge in [0.15, 0.2) is 0 Å². The maximum atomic E-state index is 13.8. The highest BCUT2D eigenvalue weighted by molar-refractivity contribution is 6.09. The van der Waals surface area contributed by atoms with Crippen molar-refractivity contribution in [2.45, 2.75) is 25.3 Å². The van der Waals surface area contributed by atoms with Crippen LogP contribution >= 0.6 is 0 Å². The third kappa shape index (κ3) is 1.95. The minimum absolute atomic E-state index is 0.0573. The number of nitrogens with one attached hydrogen (secondary N) is 1. The summed E-state index contributed by atoms with van der Waals surface area (Å²) in [6.45, 7) is 1.42. The van der Waals surface area contributed by atoms with E-state index in [1.807, 2.05) is 0 Å². The molecule has 1 aliphatic heterocycles. The van der Waals surface area contributed by atoms with Crippen LogP contribution in [0.25, 0.3) is 0 Å². The predicted octanol–water partition coefficient (Wildman–Crippen LogP) is 1.60. The maximum Gasteiger partial charge on any atom is 0.253 e. The van der Waals surface area contributed by atoms with E-state index in [-0.39, 0.29) is 30.0 Å². The highest BCUT2D eigenvalue weighted by Crippen LogP contribution is 2.42. The Hall–Kier alpha value is -1.98. The van der Waals surface area contributed by atoms with Crippen LogP contribution in [0.4, 0.5) is 14.5 Å². The van der Waals surface area contributed by atoms with E-state index in [9.17, 15) is 18.4 Å². The second kappa shape index (κ2) is 4.26. The van der Waals surface area contributed by atoms with Crippen molar-refractivity contribution in [3.63, 3.8) is 0 Å². The van der Waals surface area contributed by atoms with Crippen LogP contribution in [0.5, 0.6) is 0 Å². The van der Waals surface area contributed by atoms with Crippen molar-refractivity contribution < 1.29 is 18.4 Å². The van der Waals surface area contributed by atoms with Gasteiger partial charge in [0, 0.05) is 6.07 Å². The standard InChI is InChI=1S/C14H14F2N2O2/c1-14(8-2-3-8)13(20)18(7-12(19)17-14)11-5-4-9(15)6-10(11)16/h4-6,8H,2-3,7H2,1H3,(H,17,19). The van der Waals surface area contributed by atoms with Crippen LogP contribution in [-0.4, -0.2) is 23.9 Å². The molecule has 20 heavy (non-hydrogen) atoms. The molecule has 1 atom stereocenters. The molecule has 0 radical (unpaired) electrons. The summed E-state index contributed by atoms with van der Waals surface area (Å²) in [6, 6.07) is 2.98. The van der Waals surface area contributed by atoms with Crippen molar-refractivity contribution in [1.29, 1.82) is 0 Å². The first-order valence-corrected chi connectivity index (χ1v) is 6.50. The van der Waals surface area contributed by atoms with Gasteiger partial charge >= 0.3 is 0 Å². The van der Waals surface area contributed by atoms with Crippen molar-refractivity contribution in [1.82, 2.24) is 5.32 Å². The molecule has 0 spiro atoms. The Bertz CT molecular complexity index is 601. The number of halogens is 2. The molecule has 4 nitrogen and oxygen atoms in total. The molecule has 0 bridgehead atoms. The van der Waals surface area contributed by atoms with E-state index < -0.39 is 17.2 Å². The lowest BCUT2D eigenvalue weighted by atomic mass is 9.91. The molecule has 1 saturated heterocycles. The largest absolute Gasteiger partial charge is 0.340 e. The van der Waals surface area contributed by atoms with Gasteiger partial charge in [-0.3, -0.25) is 14.5 Å². The first-order chi connectivity index (χ1) is 9.41. The number of amides is 2. The first-order valence-electron chi connectivity index (χ1n) is 6.50. The molecule has 1 N–H and O–H groups in total. The normalized spacial score (nSPS) is 26.6. The molecule has 106 valence electrons. The Kier molecular flexibility index (Phi) is 2.77. The summed E-state index contributed by atoms with van der Waals surface area (Å²) in [7, 11) is 0. The third-order valence-electron chi connectivity index (χ3n) is 3.98. The van der Waals surface area contributed by atoms with E-state index >= 15 is 0 Å². The molecule has 2 fully saturated rings. The molecule has 1 saturated carbocycles. The molecule has 1 unspecified atom stereocenters. The summed E-state index contributed by atoms with van der Waals surface area (Å²) in [5, 5.41) is 2.71. The van der Waals surface area contributed by atoms with E-state index in [1.165, 1.54) is 6.07 Å². The summed E-state index contributed by atoms with van der Waals surface area (Å²) >= 11 is 0. The number of anilines is 1. The lowest BCUT2D eigenvalue weighted by molar-refractivity contribution is -0.136. The molecule has 1 heterocycles. The Morgan fingerprint density at radius 3 is 2.60 bits per heavy atom. The summed E-state index contributed by atoms with van der Waals surface area (Å²) in [5.41, 5.74) is -1.05. The molecule has 1 aromatic carbocycles. The van der Waals surface area contributed by atoms with Gasteiger partial charge in [-0.2, -0.15) is 0 Å². The molecule has 2 aliphatic rings. The van der Waals surface area contributed by atoms with Gasteiger partial charge in [-0.05, 0) is 37.8 Å². The summed E-state index contributed by atoms with van der Waals surface area (Å²) in [4.78, 5) is 25.5. The lowest BCUT2D eigenvalue weighted by Gasteiger charge is -2.40. The number of hydrogen-bond donors (Lipinski definition) is 1. The van der Waals surface area contributed by atoms with Crippen molar-refractivity contribution in [3.8, 4) is 0 Å². The number of rotatable bonds is 2. The van der Waals surface area contributed by atoms with Crippen LogP contribution < -0.4 is 10.2 Å². The number of carbonyl (C=O) groups excluding carboxylic acids is 2. The number of piperazine rings is 1. The second-order valence-electron chi connectivity index (χ2n) is 5.51. The Morgan fingerprint density at radius 2 is 2.00 bits per heavy atom. The zero-order valence-electron chi connectivity index (χ0n) is 11.0. The zero-order valence-corrected chi connectivity index (χ0v) is 11.0. The number of nitrogens with zero attached hydrogens (tertiary/aromatic N) is 1. The Morgan fingerprint density at radius 1 is 1.30 bits per heavy atom. The van der Waals surface area contributed by atoms with Gasteiger partial charge in [0.2, 0.25) is 5.91 Å². The Balaban J connectivity index is 1.99. The monoisotopic (exact) mass is 280 g/mol. The minimum Gasteiger partial charge on any atom is -0.340 e. The summed E-state index contributed by atoms with van der Waals surface area (Å²) in [6.07, 6.45) is 1.73. The van der Waals surface area contributed by atoms with Crippen molar-refractivity contribution in [3.05, 3.63) is 29.8 Å². The smallest absolute Gasteiger partial charge is 0.253 e. The zero-order chi connectivity index (χ0) is 14.5. The van der Waals surface area contributed by atoms with Crippen LogP contribution in [0.2, 0.25) is 0 Å². The van der Waals surface area contributed by atoms with Crippen LogP contribution in [-0.2, 0) is 9.59 Å². The average Bonchev–Trinajstić information content (AvgIpc) is 3.18. The average molecular weight is 280 g/mol. The minimum atomic E-state index is -0.990. The predicted molar refractivity (Wildman–Crippen MR) is 68.0 cm³/mol. The SMILES string of the molecule is CC1(C2CC2)NC(=O)CN(c2ccc(F)cc2F)C1=O. The second-order valence-corrected chi connectivity index (χ2v) is 5.51. The van der Waals surface area contributed by atoms with Crippen molar-refractivity contribution in [2.75, 3.05) is 11.4 Å². The highest BCUT2D eigenvalue weighted by atomic mass is 19.1. The van der Waals surface area contributed by atoms with Gasteiger partial charge in [-0.25, -0.2) is 8.78 Å². The van der Waals surface area contributed by atoms with Gasteiger partial charge in [-0.15, -0.1) is 0 Å². The quantitative estimate of drug-likeness (QED) is 0.894. The van der Waals surface area contributed by atoms with Crippen LogP contribution in [0.15, 0.2) is 18.2 Å². The van der Waals surface area contributed by atoms with Gasteiger partial charge < -0.3 is 5.32 Å². The number of carbonyl (C=O) groups is 2. The van der Waals surface area contributed by atoms with Crippen LogP contribution in [0.3, 0.4) is 0 Å². The van der Waals surface area contributed by atoms with Crippen LogP contribution in [0, 0.1) is 17.6 Å². The summed E-state index contributed by atoms with van der Waals surface area (Å²) in [5.74, 6) is -2.14. The molecule has 1 aromatic rings. The fourth-order valence-electron chi connectivity index (χ4n) is 2.71. The molecule has 2 amide bonds. The lowest BCUT2D eigenvalue weighted by Crippen LogP contribution is -2.66. The van der Waals surface area contributed by atoms with E-state index in [2.05, 4.69) is 5.32 Å². The van der Waals surface area contributed by atoms with Crippen molar-refractivity contribution >= 4 is 17.5 Å². The molecule has 0 aromatic heterocycles. The fraction of sp³-hybridized carbons (Fsp3) is 0.429. The summed E-state index contributed by atoms with van der Waals surface area (Å²) < 4.78 is 26.8. The van der Waals surface area contributed by atoms with E-state index in [1.54, 1.807) is 6.92 Å².